The van der Waals surface area contributed by atoms with Crippen LogP contribution in [0.5, 0.6) is 0 Å². The molecule has 3 aromatic rings. The number of amides is 1. The molecule has 0 radical (unpaired) electrons. The number of benzene rings is 1. The fraction of sp³-hybridized carbons (Fsp3) is 0.294. The molecule has 0 aliphatic rings. The van der Waals surface area contributed by atoms with Crippen molar-refractivity contribution in [3.05, 3.63) is 46.8 Å². The van der Waals surface area contributed by atoms with Crippen molar-refractivity contribution >= 4 is 11.9 Å². The molecular weight excluding hydrogens is 306 g/mol. The van der Waals surface area contributed by atoms with Crippen molar-refractivity contribution in [1.29, 1.82) is 0 Å². The van der Waals surface area contributed by atoms with Crippen LogP contribution in [0, 0.1) is 20.8 Å². The van der Waals surface area contributed by atoms with Gasteiger partial charge in [0, 0.05) is 17.8 Å². The van der Waals surface area contributed by atoms with Crippen LogP contribution in [0.15, 0.2) is 28.7 Å². The van der Waals surface area contributed by atoms with Crippen LogP contribution in [-0.4, -0.2) is 25.9 Å². The lowest BCUT2D eigenvalue weighted by Crippen LogP contribution is -2.13. The molecule has 7 heteroatoms. The van der Waals surface area contributed by atoms with E-state index in [2.05, 4.69) is 26.7 Å². The largest absolute Gasteiger partial charge is 0.403 e. The zero-order chi connectivity index (χ0) is 17.3. The van der Waals surface area contributed by atoms with Gasteiger partial charge in [0.15, 0.2) is 5.69 Å². The van der Waals surface area contributed by atoms with E-state index in [-0.39, 0.29) is 11.9 Å². The number of carbonyl (C=O) groups is 1. The minimum atomic E-state index is -0.374. The maximum Gasteiger partial charge on any atom is 0.322 e. The molecule has 7 nitrogen and oxygen atoms in total. The first kappa shape index (κ1) is 15.9. The van der Waals surface area contributed by atoms with Crippen molar-refractivity contribution in [1.82, 2.24) is 20.0 Å². The number of rotatable bonds is 4. The van der Waals surface area contributed by atoms with E-state index in [1.165, 1.54) is 0 Å². The highest BCUT2D eigenvalue weighted by Gasteiger charge is 2.16. The van der Waals surface area contributed by atoms with E-state index in [0.29, 0.717) is 18.1 Å². The van der Waals surface area contributed by atoms with Gasteiger partial charge >= 0.3 is 6.01 Å². The zero-order valence-corrected chi connectivity index (χ0v) is 14.1. The number of hydrogen-bond donors (Lipinski definition) is 1. The summed E-state index contributed by atoms with van der Waals surface area (Å²) in [5.41, 5.74) is 4.28. The third-order valence-corrected chi connectivity index (χ3v) is 3.63. The standard InChI is InChI=1S/C17H19N5O2/c1-5-22-12(4)9-14(21-22)15(23)18-17-20-19-16(24-17)13-7-10(2)6-11(3)8-13/h6-9H,5H2,1-4H3,(H,18,20,23). The number of hydrogen-bond acceptors (Lipinski definition) is 5. The van der Waals surface area contributed by atoms with E-state index in [1.54, 1.807) is 10.7 Å². The first-order valence-electron chi connectivity index (χ1n) is 7.74. The van der Waals surface area contributed by atoms with E-state index in [4.69, 9.17) is 4.42 Å². The predicted octanol–water partition coefficient (Wildman–Crippen LogP) is 3.13. The summed E-state index contributed by atoms with van der Waals surface area (Å²) in [6.07, 6.45) is 0. The van der Waals surface area contributed by atoms with Crippen molar-refractivity contribution in [3.63, 3.8) is 0 Å². The lowest BCUT2D eigenvalue weighted by molar-refractivity contribution is 0.101. The third-order valence-electron chi connectivity index (χ3n) is 3.63. The summed E-state index contributed by atoms with van der Waals surface area (Å²) in [5.74, 6) is -0.00621. The Hall–Kier alpha value is -2.96. The van der Waals surface area contributed by atoms with E-state index in [1.807, 2.05) is 39.8 Å². The summed E-state index contributed by atoms with van der Waals surface area (Å²) in [4.78, 5) is 12.2. The quantitative estimate of drug-likeness (QED) is 0.796. The van der Waals surface area contributed by atoms with Crippen molar-refractivity contribution in [2.24, 2.45) is 0 Å². The predicted molar refractivity (Wildman–Crippen MR) is 89.8 cm³/mol. The maximum absolute atomic E-state index is 12.2. The summed E-state index contributed by atoms with van der Waals surface area (Å²) in [6.45, 7) is 8.58. The molecule has 1 amide bonds. The average Bonchev–Trinajstić information content (AvgIpc) is 3.12. The molecule has 24 heavy (non-hydrogen) atoms. The van der Waals surface area contributed by atoms with Crippen LogP contribution >= 0.6 is 0 Å². The smallest absolute Gasteiger partial charge is 0.322 e. The second-order valence-electron chi connectivity index (χ2n) is 5.73. The van der Waals surface area contributed by atoms with Gasteiger partial charge in [-0.2, -0.15) is 5.10 Å². The molecule has 0 aliphatic heterocycles. The van der Waals surface area contributed by atoms with Crippen molar-refractivity contribution in [2.45, 2.75) is 34.2 Å². The van der Waals surface area contributed by atoms with Gasteiger partial charge in [-0.15, -0.1) is 5.10 Å². The Labute approximate surface area is 139 Å². The number of aromatic nitrogens is 4. The summed E-state index contributed by atoms with van der Waals surface area (Å²) in [6, 6.07) is 7.75. The highest BCUT2D eigenvalue weighted by molar-refractivity contribution is 6.01. The van der Waals surface area contributed by atoms with Gasteiger partial charge in [-0.3, -0.25) is 14.8 Å². The molecule has 0 fully saturated rings. The first-order valence-corrected chi connectivity index (χ1v) is 7.74. The van der Waals surface area contributed by atoms with Crippen LogP contribution in [0.25, 0.3) is 11.5 Å². The second-order valence-corrected chi connectivity index (χ2v) is 5.73. The number of anilines is 1. The Kier molecular flexibility index (Phi) is 4.16. The normalized spacial score (nSPS) is 10.8. The molecule has 3 rings (SSSR count). The van der Waals surface area contributed by atoms with E-state index >= 15 is 0 Å². The number of nitrogens with one attached hydrogen (secondary N) is 1. The van der Waals surface area contributed by atoms with Crippen molar-refractivity contribution < 1.29 is 9.21 Å². The summed E-state index contributed by atoms with van der Waals surface area (Å²) in [7, 11) is 0. The molecule has 0 unspecified atom stereocenters. The Balaban J connectivity index is 1.79. The summed E-state index contributed by atoms with van der Waals surface area (Å²) >= 11 is 0. The molecule has 2 heterocycles. The van der Waals surface area contributed by atoms with Crippen LogP contribution in [0.3, 0.4) is 0 Å². The Bertz CT molecular complexity index is 874. The summed E-state index contributed by atoms with van der Waals surface area (Å²) < 4.78 is 7.30. The fourth-order valence-corrected chi connectivity index (χ4v) is 2.59. The molecule has 0 saturated carbocycles. The van der Waals surface area contributed by atoms with E-state index < -0.39 is 0 Å². The van der Waals surface area contributed by atoms with Crippen LogP contribution < -0.4 is 5.32 Å². The van der Waals surface area contributed by atoms with Gasteiger partial charge in [0.2, 0.25) is 5.89 Å². The zero-order valence-electron chi connectivity index (χ0n) is 14.1. The second kappa shape index (κ2) is 6.27. The van der Waals surface area contributed by atoms with Gasteiger partial charge in [0.1, 0.15) is 0 Å². The van der Waals surface area contributed by atoms with E-state index in [9.17, 15) is 4.79 Å². The minimum Gasteiger partial charge on any atom is -0.403 e. The maximum atomic E-state index is 12.2. The summed E-state index contributed by atoms with van der Waals surface area (Å²) in [5, 5.41) is 14.7. The number of nitrogens with zero attached hydrogens (tertiary/aromatic N) is 4. The van der Waals surface area contributed by atoms with Crippen LogP contribution in [-0.2, 0) is 6.54 Å². The van der Waals surface area contributed by atoms with Crippen molar-refractivity contribution in [3.8, 4) is 11.5 Å². The molecule has 124 valence electrons. The van der Waals surface area contributed by atoms with Gasteiger partial charge in [-0.1, -0.05) is 22.3 Å². The van der Waals surface area contributed by atoms with Crippen molar-refractivity contribution in [2.75, 3.05) is 5.32 Å². The Morgan fingerprint density at radius 2 is 1.83 bits per heavy atom. The molecule has 1 N–H and O–H groups in total. The molecular formula is C17H19N5O2. The lowest BCUT2D eigenvalue weighted by atomic mass is 10.1. The molecule has 0 spiro atoms. The highest BCUT2D eigenvalue weighted by Crippen LogP contribution is 2.22. The average molecular weight is 325 g/mol. The van der Waals surface area contributed by atoms with Crippen LogP contribution in [0.4, 0.5) is 6.01 Å². The molecule has 0 bridgehead atoms. The SMILES string of the molecule is CCn1nc(C(=O)Nc2nnc(-c3cc(C)cc(C)c3)o2)cc1C. The van der Waals surface area contributed by atoms with E-state index in [0.717, 1.165) is 22.4 Å². The Morgan fingerprint density at radius 1 is 1.12 bits per heavy atom. The van der Waals surface area contributed by atoms with Crippen LogP contribution in [0.1, 0.15) is 34.2 Å². The molecule has 2 aromatic heterocycles. The van der Waals surface area contributed by atoms with Gasteiger partial charge in [-0.05, 0) is 45.9 Å². The lowest BCUT2D eigenvalue weighted by Gasteiger charge is -2.00. The molecule has 0 atom stereocenters. The van der Waals surface area contributed by atoms with Crippen LogP contribution in [0.2, 0.25) is 0 Å². The van der Waals surface area contributed by atoms with Gasteiger partial charge in [-0.25, -0.2) is 0 Å². The van der Waals surface area contributed by atoms with Gasteiger partial charge in [0.25, 0.3) is 5.91 Å². The number of aryl methyl sites for hydroxylation is 4. The topological polar surface area (TPSA) is 85.8 Å². The molecule has 1 aromatic carbocycles. The minimum absolute atomic E-state index is 0.0536. The van der Waals surface area contributed by atoms with Gasteiger partial charge in [0.05, 0.1) is 0 Å². The third kappa shape index (κ3) is 3.19. The molecule has 0 saturated heterocycles. The highest BCUT2D eigenvalue weighted by atomic mass is 16.4. The monoisotopic (exact) mass is 325 g/mol. The fourth-order valence-electron chi connectivity index (χ4n) is 2.59. The number of carbonyl (C=O) groups excluding carboxylic acids is 1. The molecule has 0 aliphatic carbocycles. The van der Waals surface area contributed by atoms with Gasteiger partial charge < -0.3 is 4.42 Å². The first-order chi connectivity index (χ1) is 11.5. The Morgan fingerprint density at radius 3 is 2.46 bits per heavy atom.